The van der Waals surface area contributed by atoms with Gasteiger partial charge in [-0.3, -0.25) is 0 Å². The molecule has 0 unspecified atom stereocenters. The van der Waals surface area contributed by atoms with Crippen LogP contribution in [0.1, 0.15) is 10.4 Å². The second-order valence-corrected chi connectivity index (χ2v) is 4.86. The summed E-state index contributed by atoms with van der Waals surface area (Å²) in [6.45, 7) is 0. The Balaban J connectivity index is 2.05. The predicted molar refractivity (Wildman–Crippen MR) is 73.0 cm³/mol. The Morgan fingerprint density at radius 1 is 1.21 bits per heavy atom. The van der Waals surface area contributed by atoms with E-state index in [-0.39, 0.29) is 5.75 Å². The highest BCUT2D eigenvalue weighted by Gasteiger charge is 2.27. The van der Waals surface area contributed by atoms with Gasteiger partial charge in [0.15, 0.2) is 0 Å². The summed E-state index contributed by atoms with van der Waals surface area (Å²) in [7, 11) is 0. The molecule has 0 amide bonds. The molecule has 1 aliphatic rings. The Labute approximate surface area is 113 Å². The van der Waals surface area contributed by atoms with Crippen LogP contribution < -0.4 is 0 Å². The lowest BCUT2D eigenvalue weighted by atomic mass is 10.1. The molecule has 1 N–H and O–H groups in total. The zero-order valence-corrected chi connectivity index (χ0v) is 10.6. The first kappa shape index (κ1) is 11.7. The quantitative estimate of drug-likeness (QED) is 0.675. The van der Waals surface area contributed by atoms with Crippen molar-refractivity contribution in [2.45, 2.75) is 0 Å². The first-order chi connectivity index (χ1) is 9.25. The molecule has 94 valence electrons. The third-order valence-electron chi connectivity index (χ3n) is 2.69. The van der Waals surface area contributed by atoms with Crippen molar-refractivity contribution >= 4 is 29.1 Å². The number of phenols is 1. The van der Waals surface area contributed by atoms with Gasteiger partial charge in [0.05, 0.1) is 10.5 Å². The number of hydrogen-bond donors (Lipinski definition) is 1. The van der Waals surface area contributed by atoms with Gasteiger partial charge in [-0.2, -0.15) is 0 Å². The highest BCUT2D eigenvalue weighted by atomic mass is 32.1. The largest absolute Gasteiger partial charge is 0.507 e. The van der Waals surface area contributed by atoms with Crippen molar-refractivity contribution in [3.63, 3.8) is 0 Å². The van der Waals surface area contributed by atoms with Crippen molar-refractivity contribution in [1.29, 1.82) is 0 Å². The summed E-state index contributed by atoms with van der Waals surface area (Å²) in [4.78, 5) is 17.3. The van der Waals surface area contributed by atoms with Crippen molar-refractivity contribution in [1.82, 2.24) is 0 Å². The lowest BCUT2D eigenvalue weighted by Crippen LogP contribution is -2.05. The second-order valence-electron chi connectivity index (χ2n) is 3.91. The van der Waals surface area contributed by atoms with Crippen LogP contribution in [-0.2, 0) is 9.63 Å². The summed E-state index contributed by atoms with van der Waals surface area (Å²) in [6.07, 6.45) is 1.59. The zero-order valence-electron chi connectivity index (χ0n) is 9.74. The molecule has 1 aliphatic heterocycles. The topological polar surface area (TPSA) is 58.9 Å². The number of oxime groups is 1. The van der Waals surface area contributed by atoms with Gasteiger partial charge in [-0.15, -0.1) is 11.3 Å². The number of aromatic hydroxyl groups is 1. The lowest BCUT2D eigenvalue weighted by Gasteiger charge is -2.00. The number of thiophene rings is 1. The smallest absolute Gasteiger partial charge is 0.368 e. The number of hydrogen-bond acceptors (Lipinski definition) is 5. The fourth-order valence-corrected chi connectivity index (χ4v) is 2.49. The highest BCUT2D eigenvalue weighted by molar-refractivity contribution is 7.12. The highest BCUT2D eigenvalue weighted by Crippen LogP contribution is 2.26. The fourth-order valence-electron chi connectivity index (χ4n) is 1.77. The summed E-state index contributed by atoms with van der Waals surface area (Å²) in [5, 5.41) is 15.4. The van der Waals surface area contributed by atoms with E-state index in [1.165, 1.54) is 11.3 Å². The van der Waals surface area contributed by atoms with Gasteiger partial charge in [0, 0.05) is 5.56 Å². The Morgan fingerprint density at radius 3 is 2.79 bits per heavy atom. The molecule has 19 heavy (non-hydrogen) atoms. The average molecular weight is 271 g/mol. The molecule has 0 aliphatic carbocycles. The molecule has 0 fully saturated rings. The molecule has 5 heteroatoms. The maximum Gasteiger partial charge on any atom is 0.368 e. The molecule has 2 aromatic rings. The van der Waals surface area contributed by atoms with Gasteiger partial charge in [-0.05, 0) is 23.6 Å². The Hall–Kier alpha value is -2.40. The van der Waals surface area contributed by atoms with Crippen LogP contribution in [0, 0.1) is 0 Å². The van der Waals surface area contributed by atoms with Gasteiger partial charge in [0.2, 0.25) is 0 Å². The van der Waals surface area contributed by atoms with Crippen molar-refractivity contribution in [2.24, 2.45) is 5.16 Å². The monoisotopic (exact) mass is 271 g/mol. The molecule has 2 heterocycles. The number of para-hydroxylation sites is 1. The van der Waals surface area contributed by atoms with Crippen molar-refractivity contribution < 1.29 is 14.7 Å². The zero-order chi connectivity index (χ0) is 13.2. The summed E-state index contributed by atoms with van der Waals surface area (Å²) in [5.41, 5.74) is 1.41. The SMILES string of the molecule is O=C1ON=C(c2cccs2)/C1=C/c1ccccc1O. The molecular weight excluding hydrogens is 262 g/mol. The fraction of sp³-hybridized carbons (Fsp3) is 0. The maximum absolute atomic E-state index is 11.7. The third-order valence-corrected chi connectivity index (χ3v) is 3.56. The number of carbonyl (C=O) groups excluding carboxylic acids is 1. The van der Waals surface area contributed by atoms with E-state index in [2.05, 4.69) is 5.16 Å². The Morgan fingerprint density at radius 2 is 2.05 bits per heavy atom. The van der Waals surface area contributed by atoms with E-state index < -0.39 is 5.97 Å². The molecular formula is C14H9NO3S. The first-order valence-electron chi connectivity index (χ1n) is 5.59. The van der Waals surface area contributed by atoms with Gasteiger partial charge < -0.3 is 9.94 Å². The van der Waals surface area contributed by atoms with E-state index in [1.54, 1.807) is 30.3 Å². The second kappa shape index (κ2) is 4.70. The molecule has 0 saturated heterocycles. The molecule has 4 nitrogen and oxygen atoms in total. The van der Waals surface area contributed by atoms with Crippen molar-refractivity contribution in [3.8, 4) is 5.75 Å². The van der Waals surface area contributed by atoms with E-state index in [0.29, 0.717) is 16.8 Å². The Bertz CT molecular complexity index is 686. The third kappa shape index (κ3) is 2.15. The maximum atomic E-state index is 11.7. The van der Waals surface area contributed by atoms with Crippen LogP contribution in [0.4, 0.5) is 0 Å². The number of nitrogens with zero attached hydrogens (tertiary/aromatic N) is 1. The summed E-state index contributed by atoms with van der Waals surface area (Å²) in [6, 6.07) is 10.5. The average Bonchev–Trinajstić information content (AvgIpc) is 3.03. The molecule has 0 radical (unpaired) electrons. The number of carbonyl (C=O) groups is 1. The molecule has 0 saturated carbocycles. The van der Waals surface area contributed by atoms with Crippen LogP contribution in [-0.4, -0.2) is 16.8 Å². The molecule has 0 spiro atoms. The number of benzene rings is 1. The molecule has 1 aromatic heterocycles. The van der Waals surface area contributed by atoms with E-state index in [1.807, 2.05) is 17.5 Å². The van der Waals surface area contributed by atoms with Crippen LogP contribution in [0.2, 0.25) is 0 Å². The van der Waals surface area contributed by atoms with Gasteiger partial charge in [0.1, 0.15) is 11.5 Å². The van der Waals surface area contributed by atoms with E-state index in [0.717, 1.165) is 4.88 Å². The summed E-state index contributed by atoms with van der Waals surface area (Å²) in [5.74, 6) is -0.396. The summed E-state index contributed by atoms with van der Waals surface area (Å²) >= 11 is 1.47. The number of rotatable bonds is 2. The first-order valence-corrected chi connectivity index (χ1v) is 6.47. The van der Waals surface area contributed by atoms with Gasteiger partial charge in [-0.1, -0.05) is 29.4 Å². The Kier molecular flexibility index (Phi) is 2.89. The van der Waals surface area contributed by atoms with Crippen LogP contribution in [0.5, 0.6) is 5.75 Å². The molecule has 3 rings (SSSR count). The lowest BCUT2D eigenvalue weighted by molar-refractivity contribution is -0.136. The van der Waals surface area contributed by atoms with Crippen LogP contribution >= 0.6 is 11.3 Å². The summed E-state index contributed by atoms with van der Waals surface area (Å²) < 4.78 is 0. The van der Waals surface area contributed by atoms with E-state index in [4.69, 9.17) is 4.84 Å². The van der Waals surface area contributed by atoms with Crippen LogP contribution in [0.15, 0.2) is 52.5 Å². The van der Waals surface area contributed by atoms with Gasteiger partial charge in [0.25, 0.3) is 0 Å². The van der Waals surface area contributed by atoms with Crippen molar-refractivity contribution in [3.05, 3.63) is 57.8 Å². The predicted octanol–water partition coefficient (Wildman–Crippen LogP) is 2.80. The minimum absolute atomic E-state index is 0.111. The van der Waals surface area contributed by atoms with Crippen LogP contribution in [0.3, 0.4) is 0 Å². The molecule has 1 aromatic carbocycles. The van der Waals surface area contributed by atoms with Gasteiger partial charge in [-0.25, -0.2) is 4.79 Å². The minimum Gasteiger partial charge on any atom is -0.507 e. The normalized spacial score (nSPS) is 16.5. The molecule has 0 atom stereocenters. The van der Waals surface area contributed by atoms with E-state index in [9.17, 15) is 9.90 Å². The van der Waals surface area contributed by atoms with Crippen molar-refractivity contribution in [2.75, 3.05) is 0 Å². The molecule has 0 bridgehead atoms. The van der Waals surface area contributed by atoms with Gasteiger partial charge >= 0.3 is 5.97 Å². The van der Waals surface area contributed by atoms with E-state index >= 15 is 0 Å². The standard InChI is InChI=1S/C14H9NO3S/c16-11-5-2-1-4-9(11)8-10-13(15-18-14(10)17)12-6-3-7-19-12/h1-8,16H/b10-8-. The minimum atomic E-state index is -0.508. The van der Waals surface area contributed by atoms with Crippen LogP contribution in [0.25, 0.3) is 6.08 Å². The number of phenolic OH excluding ortho intramolecular Hbond substituents is 1.